The molecule has 0 spiro atoms. The summed E-state index contributed by atoms with van der Waals surface area (Å²) in [5.41, 5.74) is 2.44. The van der Waals surface area contributed by atoms with Gasteiger partial charge in [0.05, 0.1) is 11.0 Å². The van der Waals surface area contributed by atoms with E-state index in [1.165, 1.54) is 0 Å². The lowest BCUT2D eigenvalue weighted by Crippen LogP contribution is -2.31. The Kier molecular flexibility index (Phi) is 4.61. The molecule has 4 rings (SSSR count). The number of carbonyl (C=O) groups is 1. The SMILES string of the molecule is Cn1c([C@@H](NC(=O)c2cc(F)cc(F)c2)c2ccccc2)nc2ccccc21. The van der Waals surface area contributed by atoms with Crippen molar-refractivity contribution in [2.45, 2.75) is 6.04 Å². The second-order valence-electron chi connectivity index (χ2n) is 6.49. The Morgan fingerprint density at radius 3 is 2.29 bits per heavy atom. The molecule has 0 unspecified atom stereocenters. The molecule has 4 aromatic rings. The molecule has 0 aliphatic heterocycles. The van der Waals surface area contributed by atoms with Crippen LogP contribution in [0.3, 0.4) is 0 Å². The van der Waals surface area contributed by atoms with Crippen LogP contribution in [0.4, 0.5) is 8.78 Å². The van der Waals surface area contributed by atoms with Crippen molar-refractivity contribution in [1.82, 2.24) is 14.9 Å². The van der Waals surface area contributed by atoms with Crippen LogP contribution < -0.4 is 5.32 Å². The number of imidazole rings is 1. The molecule has 4 nitrogen and oxygen atoms in total. The number of nitrogens with zero attached hydrogens (tertiary/aromatic N) is 2. The van der Waals surface area contributed by atoms with Gasteiger partial charge >= 0.3 is 0 Å². The number of halogens is 2. The molecule has 1 aromatic heterocycles. The highest BCUT2D eigenvalue weighted by atomic mass is 19.1. The molecule has 0 fully saturated rings. The number of aryl methyl sites for hydroxylation is 1. The van der Waals surface area contributed by atoms with Crippen LogP contribution in [-0.4, -0.2) is 15.5 Å². The number of aromatic nitrogens is 2. The summed E-state index contributed by atoms with van der Waals surface area (Å²) in [7, 11) is 1.87. The van der Waals surface area contributed by atoms with Crippen molar-refractivity contribution in [2.24, 2.45) is 7.05 Å². The summed E-state index contributed by atoms with van der Waals surface area (Å²) in [5.74, 6) is -1.56. The smallest absolute Gasteiger partial charge is 0.252 e. The molecule has 0 saturated carbocycles. The first kappa shape index (κ1) is 17.9. The van der Waals surface area contributed by atoms with Gasteiger partial charge in [0.1, 0.15) is 23.5 Å². The van der Waals surface area contributed by atoms with E-state index in [-0.39, 0.29) is 5.56 Å². The van der Waals surface area contributed by atoms with Gasteiger partial charge in [-0.25, -0.2) is 13.8 Å². The van der Waals surface area contributed by atoms with Crippen molar-refractivity contribution in [3.63, 3.8) is 0 Å². The number of fused-ring (bicyclic) bond motifs is 1. The van der Waals surface area contributed by atoms with Crippen LogP contribution in [0.15, 0.2) is 72.8 Å². The summed E-state index contributed by atoms with van der Waals surface area (Å²) in [4.78, 5) is 17.4. The third-order valence-corrected chi connectivity index (χ3v) is 4.61. The van der Waals surface area contributed by atoms with Gasteiger partial charge in [-0.2, -0.15) is 0 Å². The largest absolute Gasteiger partial charge is 0.338 e. The zero-order valence-corrected chi connectivity index (χ0v) is 15.1. The van der Waals surface area contributed by atoms with Gasteiger partial charge in [-0.05, 0) is 29.8 Å². The Labute approximate surface area is 160 Å². The number of hydrogen-bond donors (Lipinski definition) is 1. The van der Waals surface area contributed by atoms with Gasteiger partial charge in [-0.15, -0.1) is 0 Å². The summed E-state index contributed by atoms with van der Waals surface area (Å²) in [6, 6.07) is 19.1. The van der Waals surface area contributed by atoms with E-state index in [0.717, 1.165) is 34.8 Å². The van der Waals surface area contributed by atoms with Crippen LogP contribution >= 0.6 is 0 Å². The molecule has 0 aliphatic rings. The number of carbonyl (C=O) groups excluding carboxylic acids is 1. The highest BCUT2D eigenvalue weighted by Crippen LogP contribution is 2.25. The van der Waals surface area contributed by atoms with E-state index in [4.69, 9.17) is 0 Å². The van der Waals surface area contributed by atoms with Gasteiger partial charge in [0, 0.05) is 18.7 Å². The van der Waals surface area contributed by atoms with E-state index in [1.54, 1.807) is 0 Å². The Balaban J connectivity index is 1.78. The minimum absolute atomic E-state index is 0.0859. The number of nitrogens with one attached hydrogen (secondary N) is 1. The molecule has 1 heterocycles. The molecule has 0 saturated heterocycles. The number of benzene rings is 3. The second kappa shape index (κ2) is 7.23. The standard InChI is InChI=1S/C22H17F2N3O/c1-27-19-10-6-5-9-18(19)25-21(27)20(14-7-3-2-4-8-14)26-22(28)15-11-16(23)13-17(24)12-15/h2-13,20H,1H3,(H,26,28)/t20-/m0/s1. The van der Waals surface area contributed by atoms with Gasteiger partial charge < -0.3 is 9.88 Å². The highest BCUT2D eigenvalue weighted by Gasteiger charge is 2.23. The average molecular weight is 377 g/mol. The van der Waals surface area contributed by atoms with Gasteiger partial charge in [-0.1, -0.05) is 42.5 Å². The lowest BCUT2D eigenvalue weighted by molar-refractivity contribution is 0.0940. The summed E-state index contributed by atoms with van der Waals surface area (Å²) < 4.78 is 29.0. The molecule has 28 heavy (non-hydrogen) atoms. The molecular weight excluding hydrogens is 360 g/mol. The van der Waals surface area contributed by atoms with Crippen LogP contribution in [-0.2, 0) is 7.05 Å². The normalized spacial score (nSPS) is 12.1. The van der Waals surface area contributed by atoms with Crippen molar-refractivity contribution < 1.29 is 13.6 Å². The Bertz CT molecular complexity index is 1130. The van der Waals surface area contributed by atoms with E-state index in [1.807, 2.05) is 66.2 Å². The fraction of sp³-hybridized carbons (Fsp3) is 0.0909. The van der Waals surface area contributed by atoms with E-state index in [0.29, 0.717) is 5.82 Å². The lowest BCUT2D eigenvalue weighted by atomic mass is 10.1. The topological polar surface area (TPSA) is 46.9 Å². The highest BCUT2D eigenvalue weighted by molar-refractivity contribution is 5.94. The second-order valence-corrected chi connectivity index (χ2v) is 6.49. The fourth-order valence-corrected chi connectivity index (χ4v) is 3.26. The molecule has 1 atom stereocenters. The molecular formula is C22H17F2N3O. The van der Waals surface area contributed by atoms with Crippen LogP contribution in [0.5, 0.6) is 0 Å². The van der Waals surface area contributed by atoms with Crippen LogP contribution in [0.2, 0.25) is 0 Å². The van der Waals surface area contributed by atoms with Crippen LogP contribution in [0.25, 0.3) is 11.0 Å². The van der Waals surface area contributed by atoms with Crippen molar-refractivity contribution >= 4 is 16.9 Å². The first-order valence-electron chi connectivity index (χ1n) is 8.76. The number of amides is 1. The number of rotatable bonds is 4. The average Bonchev–Trinajstić information content (AvgIpc) is 3.02. The van der Waals surface area contributed by atoms with E-state index in [9.17, 15) is 13.6 Å². The fourth-order valence-electron chi connectivity index (χ4n) is 3.26. The quantitative estimate of drug-likeness (QED) is 0.574. The van der Waals surface area contributed by atoms with Crippen LogP contribution in [0, 0.1) is 11.6 Å². The summed E-state index contributed by atoms with van der Waals surface area (Å²) in [6.45, 7) is 0. The minimum atomic E-state index is -0.802. The van der Waals surface area contributed by atoms with Gasteiger partial charge in [0.25, 0.3) is 5.91 Å². The Morgan fingerprint density at radius 2 is 1.61 bits per heavy atom. The molecule has 1 amide bonds. The van der Waals surface area contributed by atoms with Crippen molar-refractivity contribution in [3.8, 4) is 0 Å². The summed E-state index contributed by atoms with van der Waals surface area (Å²) in [6.07, 6.45) is 0. The van der Waals surface area contributed by atoms with Crippen molar-refractivity contribution in [3.05, 3.63) is 101 Å². The molecule has 1 N–H and O–H groups in total. The summed E-state index contributed by atoms with van der Waals surface area (Å²) >= 11 is 0. The van der Waals surface area contributed by atoms with Crippen molar-refractivity contribution in [2.75, 3.05) is 0 Å². The maximum atomic E-state index is 13.5. The Hall–Kier alpha value is -3.54. The van der Waals surface area contributed by atoms with Gasteiger partial charge in [0.2, 0.25) is 0 Å². The van der Waals surface area contributed by atoms with E-state index in [2.05, 4.69) is 10.3 Å². The molecule has 6 heteroatoms. The summed E-state index contributed by atoms with van der Waals surface area (Å²) in [5, 5.41) is 2.87. The monoisotopic (exact) mass is 377 g/mol. The molecule has 140 valence electrons. The zero-order valence-electron chi connectivity index (χ0n) is 15.1. The molecule has 0 bridgehead atoms. The molecule has 0 radical (unpaired) electrons. The minimum Gasteiger partial charge on any atom is -0.338 e. The number of hydrogen-bond acceptors (Lipinski definition) is 2. The maximum Gasteiger partial charge on any atom is 0.252 e. The van der Waals surface area contributed by atoms with E-state index < -0.39 is 23.6 Å². The Morgan fingerprint density at radius 1 is 0.964 bits per heavy atom. The molecule has 3 aromatic carbocycles. The van der Waals surface area contributed by atoms with E-state index >= 15 is 0 Å². The first-order chi connectivity index (χ1) is 13.5. The zero-order chi connectivity index (χ0) is 19.7. The third kappa shape index (κ3) is 3.36. The van der Waals surface area contributed by atoms with Crippen molar-refractivity contribution in [1.29, 1.82) is 0 Å². The maximum absolute atomic E-state index is 13.5. The molecule has 0 aliphatic carbocycles. The predicted octanol–water partition coefficient (Wildman–Crippen LogP) is 4.37. The third-order valence-electron chi connectivity index (χ3n) is 4.61. The lowest BCUT2D eigenvalue weighted by Gasteiger charge is -2.19. The predicted molar refractivity (Wildman–Crippen MR) is 103 cm³/mol. The van der Waals surface area contributed by atoms with Crippen LogP contribution in [0.1, 0.15) is 27.8 Å². The first-order valence-corrected chi connectivity index (χ1v) is 8.76. The van der Waals surface area contributed by atoms with Gasteiger partial charge in [0.15, 0.2) is 0 Å². The number of para-hydroxylation sites is 2. The van der Waals surface area contributed by atoms with Gasteiger partial charge in [-0.3, -0.25) is 4.79 Å².